The first kappa shape index (κ1) is 11.2. The van der Waals surface area contributed by atoms with Crippen molar-refractivity contribution >= 4 is 0 Å². The van der Waals surface area contributed by atoms with Crippen LogP contribution in [0.5, 0.6) is 0 Å². The molecule has 0 bridgehead atoms. The monoisotopic (exact) mass is 207 g/mol. The highest BCUT2D eigenvalue weighted by Crippen LogP contribution is 2.53. The van der Waals surface area contributed by atoms with Crippen molar-refractivity contribution in [2.24, 2.45) is 17.1 Å². The van der Waals surface area contributed by atoms with Gasteiger partial charge in [0, 0.05) is 6.04 Å². The molecule has 86 valence electrons. The van der Waals surface area contributed by atoms with Crippen LogP contribution < -0.4 is 5.73 Å². The molecule has 1 spiro atoms. The van der Waals surface area contributed by atoms with Gasteiger partial charge in [0.2, 0.25) is 0 Å². The van der Waals surface area contributed by atoms with E-state index in [4.69, 9.17) is 5.73 Å². The number of hydrogen-bond acceptors (Lipinski definition) is 1. The molecule has 2 saturated carbocycles. The second kappa shape index (κ2) is 4.69. The quantitative estimate of drug-likeness (QED) is 0.702. The molecule has 0 aliphatic heterocycles. The lowest BCUT2D eigenvalue weighted by Crippen LogP contribution is -2.40. The summed E-state index contributed by atoms with van der Waals surface area (Å²) < 4.78 is 0. The van der Waals surface area contributed by atoms with Gasteiger partial charge in [-0.3, -0.25) is 0 Å². The Labute approximate surface area is 94.1 Å². The second-order valence-electron chi connectivity index (χ2n) is 5.67. The maximum Gasteiger partial charge on any atom is 0.00418 e. The van der Waals surface area contributed by atoms with Gasteiger partial charge in [-0.05, 0) is 56.3 Å². The van der Waals surface area contributed by atoms with E-state index >= 15 is 0 Å². The summed E-state index contributed by atoms with van der Waals surface area (Å²) in [5.41, 5.74) is 6.82. The largest absolute Gasteiger partial charge is 0.328 e. The molecule has 2 aliphatic rings. The van der Waals surface area contributed by atoms with E-state index in [0.717, 1.165) is 5.92 Å². The zero-order valence-electron chi connectivity index (χ0n) is 9.88. The van der Waals surface area contributed by atoms with Crippen LogP contribution in [0.15, 0.2) is 12.7 Å². The maximum absolute atomic E-state index is 6.12. The standard InChI is InChI=1S/C14H25N/c1-2-3-6-12-11-13(15)7-10-14(12)8-4-5-9-14/h2,12-13H,1,3-11,15H2. The molecule has 1 nitrogen and oxygen atoms in total. The molecule has 15 heavy (non-hydrogen) atoms. The van der Waals surface area contributed by atoms with Gasteiger partial charge in [0.05, 0.1) is 0 Å². The van der Waals surface area contributed by atoms with E-state index in [0.29, 0.717) is 11.5 Å². The highest BCUT2D eigenvalue weighted by atomic mass is 14.7. The first-order chi connectivity index (χ1) is 7.27. The Bertz CT molecular complexity index is 215. The minimum atomic E-state index is 0.478. The summed E-state index contributed by atoms with van der Waals surface area (Å²) in [6.07, 6.45) is 14.4. The van der Waals surface area contributed by atoms with Gasteiger partial charge >= 0.3 is 0 Å². The van der Waals surface area contributed by atoms with Crippen molar-refractivity contribution in [1.82, 2.24) is 0 Å². The van der Waals surface area contributed by atoms with E-state index in [-0.39, 0.29) is 0 Å². The molecular formula is C14H25N. The molecule has 0 aromatic carbocycles. The van der Waals surface area contributed by atoms with Crippen LogP contribution in [-0.2, 0) is 0 Å². The number of hydrogen-bond donors (Lipinski definition) is 1. The van der Waals surface area contributed by atoms with Crippen molar-refractivity contribution in [2.75, 3.05) is 0 Å². The molecule has 2 N–H and O–H groups in total. The van der Waals surface area contributed by atoms with Gasteiger partial charge in [-0.1, -0.05) is 18.9 Å². The molecule has 0 heterocycles. The number of nitrogens with two attached hydrogens (primary N) is 1. The third-order valence-electron chi connectivity index (χ3n) is 4.78. The molecule has 2 fully saturated rings. The lowest BCUT2D eigenvalue weighted by molar-refractivity contribution is 0.0833. The average molecular weight is 207 g/mol. The molecule has 0 aromatic rings. The Morgan fingerprint density at radius 3 is 2.67 bits per heavy atom. The minimum Gasteiger partial charge on any atom is -0.328 e. The summed E-state index contributed by atoms with van der Waals surface area (Å²) in [5.74, 6) is 0.891. The Morgan fingerprint density at radius 2 is 2.00 bits per heavy atom. The Balaban J connectivity index is 2.02. The molecular weight excluding hydrogens is 182 g/mol. The van der Waals surface area contributed by atoms with Crippen molar-refractivity contribution in [3.05, 3.63) is 12.7 Å². The van der Waals surface area contributed by atoms with E-state index in [1.807, 2.05) is 0 Å². The van der Waals surface area contributed by atoms with Gasteiger partial charge in [-0.25, -0.2) is 0 Å². The molecule has 1 heteroatoms. The molecule has 0 amide bonds. The Morgan fingerprint density at radius 1 is 1.27 bits per heavy atom. The molecule has 2 aliphatic carbocycles. The Kier molecular flexibility index (Phi) is 3.50. The van der Waals surface area contributed by atoms with Crippen molar-refractivity contribution < 1.29 is 0 Å². The average Bonchev–Trinajstić information content (AvgIpc) is 2.70. The molecule has 0 radical (unpaired) electrons. The molecule has 0 aromatic heterocycles. The number of rotatable bonds is 3. The first-order valence-corrected chi connectivity index (χ1v) is 6.63. The predicted octanol–water partition coefficient (Wildman–Crippen LogP) is 3.64. The molecule has 0 saturated heterocycles. The normalized spacial score (nSPS) is 34.5. The van der Waals surface area contributed by atoms with E-state index in [1.54, 1.807) is 0 Å². The lowest BCUT2D eigenvalue weighted by atomic mass is 9.62. The van der Waals surface area contributed by atoms with Crippen LogP contribution in [0.4, 0.5) is 0 Å². The molecule has 2 atom stereocenters. The minimum absolute atomic E-state index is 0.478. The van der Waals surface area contributed by atoms with Gasteiger partial charge < -0.3 is 5.73 Å². The van der Waals surface area contributed by atoms with Crippen molar-refractivity contribution in [3.8, 4) is 0 Å². The van der Waals surface area contributed by atoms with E-state index in [9.17, 15) is 0 Å². The SMILES string of the molecule is C=CCCC1CC(N)CCC12CCCC2. The lowest BCUT2D eigenvalue weighted by Gasteiger charge is -2.44. The van der Waals surface area contributed by atoms with Gasteiger partial charge in [0.15, 0.2) is 0 Å². The fourth-order valence-electron chi connectivity index (χ4n) is 3.89. The first-order valence-electron chi connectivity index (χ1n) is 6.63. The maximum atomic E-state index is 6.12. The number of allylic oxidation sites excluding steroid dienone is 1. The topological polar surface area (TPSA) is 26.0 Å². The van der Waals surface area contributed by atoms with Crippen LogP contribution in [0.1, 0.15) is 57.8 Å². The smallest absolute Gasteiger partial charge is 0.00418 e. The van der Waals surface area contributed by atoms with Crippen LogP contribution >= 0.6 is 0 Å². The van der Waals surface area contributed by atoms with Crippen molar-refractivity contribution in [2.45, 2.75) is 63.8 Å². The highest BCUT2D eigenvalue weighted by molar-refractivity contribution is 4.96. The Hall–Kier alpha value is -0.300. The van der Waals surface area contributed by atoms with E-state index < -0.39 is 0 Å². The molecule has 2 unspecified atom stereocenters. The zero-order valence-corrected chi connectivity index (χ0v) is 9.88. The van der Waals surface area contributed by atoms with Crippen LogP contribution in [0, 0.1) is 11.3 Å². The summed E-state index contributed by atoms with van der Waals surface area (Å²) in [5, 5.41) is 0. The van der Waals surface area contributed by atoms with Crippen LogP contribution in [-0.4, -0.2) is 6.04 Å². The van der Waals surface area contributed by atoms with Gasteiger partial charge in [0.1, 0.15) is 0 Å². The van der Waals surface area contributed by atoms with Crippen molar-refractivity contribution in [1.29, 1.82) is 0 Å². The second-order valence-corrected chi connectivity index (χ2v) is 5.67. The van der Waals surface area contributed by atoms with Gasteiger partial charge in [-0.2, -0.15) is 0 Å². The summed E-state index contributed by atoms with van der Waals surface area (Å²) in [6, 6.07) is 0.478. The summed E-state index contributed by atoms with van der Waals surface area (Å²) in [7, 11) is 0. The van der Waals surface area contributed by atoms with E-state index in [2.05, 4.69) is 12.7 Å². The van der Waals surface area contributed by atoms with E-state index in [1.165, 1.54) is 57.8 Å². The third-order valence-corrected chi connectivity index (χ3v) is 4.78. The predicted molar refractivity (Wildman–Crippen MR) is 65.6 cm³/mol. The fourth-order valence-corrected chi connectivity index (χ4v) is 3.89. The van der Waals surface area contributed by atoms with Crippen LogP contribution in [0.3, 0.4) is 0 Å². The molecule has 2 rings (SSSR count). The van der Waals surface area contributed by atoms with Gasteiger partial charge in [-0.15, -0.1) is 6.58 Å². The van der Waals surface area contributed by atoms with Crippen LogP contribution in [0.25, 0.3) is 0 Å². The summed E-state index contributed by atoms with van der Waals surface area (Å²) in [4.78, 5) is 0. The summed E-state index contributed by atoms with van der Waals surface area (Å²) >= 11 is 0. The van der Waals surface area contributed by atoms with Gasteiger partial charge in [0.25, 0.3) is 0 Å². The third kappa shape index (κ3) is 2.28. The van der Waals surface area contributed by atoms with Crippen LogP contribution in [0.2, 0.25) is 0 Å². The highest BCUT2D eigenvalue weighted by Gasteiger charge is 2.43. The zero-order chi connectivity index (χ0) is 10.7. The fraction of sp³-hybridized carbons (Fsp3) is 0.857. The summed E-state index contributed by atoms with van der Waals surface area (Å²) in [6.45, 7) is 3.85. The van der Waals surface area contributed by atoms with Crippen molar-refractivity contribution in [3.63, 3.8) is 0 Å².